The summed E-state index contributed by atoms with van der Waals surface area (Å²) in [7, 11) is 4.49. The maximum absolute atomic E-state index is 11.9. The van der Waals surface area contributed by atoms with Gasteiger partial charge in [-0.25, -0.2) is 4.79 Å². The molecular formula is C19H34N4O8. The number of ether oxygens (including phenoxy) is 3. The highest BCUT2D eigenvalue weighted by Crippen LogP contribution is 2.03. The summed E-state index contributed by atoms with van der Waals surface area (Å²) >= 11 is 0. The van der Waals surface area contributed by atoms with Crippen LogP contribution in [0, 0.1) is 0 Å². The van der Waals surface area contributed by atoms with Crippen LogP contribution < -0.4 is 16.0 Å². The molecule has 0 saturated heterocycles. The average Bonchev–Trinajstić information content (AvgIpc) is 2.74. The Morgan fingerprint density at radius 1 is 1.10 bits per heavy atom. The standard InChI is InChI=1S/C19H34N4O8/c1-14(24)23-17(18(26)20-2)8-7-15(25)6-5-9-22-31-11-10-21-19(27)30-13-16(29-4)12-28-3/h9,16-17H,5-8,10-13H2,1-4H3,(H,20,26)(H,21,27)(H,23,24)/b22-9+/t16?,17-/m0/s1. The zero-order valence-electron chi connectivity index (χ0n) is 18.6. The molecule has 0 aliphatic rings. The van der Waals surface area contributed by atoms with Crippen LogP contribution in [0.25, 0.3) is 0 Å². The van der Waals surface area contributed by atoms with Crippen LogP contribution in [0.3, 0.4) is 0 Å². The van der Waals surface area contributed by atoms with E-state index < -0.39 is 12.1 Å². The van der Waals surface area contributed by atoms with Gasteiger partial charge in [0.2, 0.25) is 11.8 Å². The normalized spacial score (nSPS) is 12.6. The fraction of sp³-hybridized carbons (Fsp3) is 0.737. The van der Waals surface area contributed by atoms with Gasteiger partial charge in [0.25, 0.3) is 0 Å². The van der Waals surface area contributed by atoms with E-state index in [2.05, 4.69) is 21.1 Å². The highest BCUT2D eigenvalue weighted by molar-refractivity contribution is 5.87. The number of carbonyl (C=O) groups excluding carboxylic acids is 4. The molecule has 0 rings (SSSR count). The molecule has 0 saturated carbocycles. The summed E-state index contributed by atoms with van der Waals surface area (Å²) in [5.41, 5.74) is 0. The number of amides is 3. The Labute approximate surface area is 182 Å². The predicted octanol–water partition coefficient (Wildman–Crippen LogP) is -0.243. The van der Waals surface area contributed by atoms with Crippen LogP contribution in [0.2, 0.25) is 0 Å². The second kappa shape index (κ2) is 18.1. The van der Waals surface area contributed by atoms with E-state index in [-0.39, 0.29) is 62.7 Å². The van der Waals surface area contributed by atoms with E-state index in [0.717, 1.165) is 0 Å². The first-order valence-corrected chi connectivity index (χ1v) is 9.90. The summed E-state index contributed by atoms with van der Waals surface area (Å²) < 4.78 is 14.9. The number of likely N-dealkylation sites (N-methyl/N-ethyl adjacent to an activating group) is 1. The molecule has 0 aromatic carbocycles. The first kappa shape index (κ1) is 28.3. The molecule has 0 spiro atoms. The molecule has 0 fully saturated rings. The van der Waals surface area contributed by atoms with E-state index in [1.165, 1.54) is 34.4 Å². The molecule has 12 heteroatoms. The van der Waals surface area contributed by atoms with Gasteiger partial charge in [-0.2, -0.15) is 0 Å². The predicted molar refractivity (Wildman–Crippen MR) is 112 cm³/mol. The van der Waals surface area contributed by atoms with Gasteiger partial charge in [-0.1, -0.05) is 5.16 Å². The van der Waals surface area contributed by atoms with Gasteiger partial charge in [-0.15, -0.1) is 0 Å². The van der Waals surface area contributed by atoms with Crippen LogP contribution in [0.1, 0.15) is 32.6 Å². The van der Waals surface area contributed by atoms with Crippen LogP contribution in [0.15, 0.2) is 5.16 Å². The number of Topliss-reactive ketones (excluding diaryl/α,β-unsaturated/α-hetero) is 1. The number of oxime groups is 1. The molecule has 3 N–H and O–H groups in total. The van der Waals surface area contributed by atoms with Gasteiger partial charge in [0.05, 0.1) is 13.2 Å². The highest BCUT2D eigenvalue weighted by atomic mass is 16.6. The zero-order chi connectivity index (χ0) is 23.5. The van der Waals surface area contributed by atoms with Gasteiger partial charge >= 0.3 is 6.09 Å². The quantitative estimate of drug-likeness (QED) is 0.157. The number of rotatable bonds is 17. The molecule has 0 aromatic rings. The maximum atomic E-state index is 11.9. The average molecular weight is 447 g/mol. The number of nitrogens with one attached hydrogen (secondary N) is 3. The van der Waals surface area contributed by atoms with Crippen molar-refractivity contribution in [1.29, 1.82) is 0 Å². The maximum Gasteiger partial charge on any atom is 0.407 e. The molecule has 2 atom stereocenters. The van der Waals surface area contributed by atoms with Gasteiger partial charge in [-0.3, -0.25) is 14.4 Å². The number of methoxy groups -OCH3 is 2. The summed E-state index contributed by atoms with van der Waals surface area (Å²) in [6, 6.07) is -0.733. The van der Waals surface area contributed by atoms with Crippen LogP contribution in [0.4, 0.5) is 4.79 Å². The van der Waals surface area contributed by atoms with E-state index in [4.69, 9.17) is 19.0 Å². The first-order chi connectivity index (χ1) is 14.8. The number of alkyl carbamates (subject to hydrolysis) is 1. The van der Waals surface area contributed by atoms with Crippen molar-refractivity contribution >= 4 is 29.9 Å². The van der Waals surface area contributed by atoms with Crippen LogP contribution in [0.5, 0.6) is 0 Å². The van der Waals surface area contributed by atoms with Gasteiger partial charge < -0.3 is 35.0 Å². The molecule has 0 aliphatic heterocycles. The molecule has 178 valence electrons. The number of hydrogen-bond acceptors (Lipinski definition) is 9. The second-order valence-electron chi connectivity index (χ2n) is 6.44. The minimum absolute atomic E-state index is 0.0575. The molecule has 0 radical (unpaired) electrons. The Bertz CT molecular complexity index is 585. The Kier molecular flexibility index (Phi) is 16.5. The van der Waals surface area contributed by atoms with Crippen molar-refractivity contribution in [3.63, 3.8) is 0 Å². The summed E-state index contributed by atoms with van der Waals surface area (Å²) in [5, 5.41) is 11.2. The van der Waals surface area contributed by atoms with Gasteiger partial charge in [0, 0.05) is 47.2 Å². The topological polar surface area (TPSA) is 154 Å². The first-order valence-electron chi connectivity index (χ1n) is 9.90. The Morgan fingerprint density at radius 3 is 2.45 bits per heavy atom. The minimum atomic E-state index is -0.733. The second-order valence-corrected chi connectivity index (χ2v) is 6.44. The molecule has 0 aliphatic carbocycles. The zero-order valence-corrected chi connectivity index (χ0v) is 18.6. The Morgan fingerprint density at radius 2 is 1.84 bits per heavy atom. The molecule has 1 unspecified atom stereocenters. The lowest BCUT2D eigenvalue weighted by Gasteiger charge is -2.15. The van der Waals surface area contributed by atoms with Gasteiger partial charge in [-0.05, 0) is 12.8 Å². The van der Waals surface area contributed by atoms with Crippen LogP contribution in [-0.4, -0.2) is 89.7 Å². The van der Waals surface area contributed by atoms with E-state index >= 15 is 0 Å². The molecule has 0 heterocycles. The third-order valence-electron chi connectivity index (χ3n) is 3.90. The molecule has 0 bridgehead atoms. The molecule has 12 nitrogen and oxygen atoms in total. The van der Waals surface area contributed by atoms with Crippen molar-refractivity contribution in [3.8, 4) is 0 Å². The lowest BCUT2D eigenvalue weighted by molar-refractivity contribution is -0.128. The van der Waals surface area contributed by atoms with E-state index in [1.54, 1.807) is 0 Å². The third-order valence-corrected chi connectivity index (χ3v) is 3.90. The molecule has 31 heavy (non-hydrogen) atoms. The summed E-state index contributed by atoms with van der Waals surface area (Å²) in [4.78, 5) is 51.2. The van der Waals surface area contributed by atoms with Crippen molar-refractivity contribution in [2.45, 2.75) is 44.8 Å². The van der Waals surface area contributed by atoms with Crippen LogP contribution in [-0.2, 0) is 33.4 Å². The lowest BCUT2D eigenvalue weighted by atomic mass is 10.1. The Balaban J connectivity index is 3.85. The molecular weight excluding hydrogens is 412 g/mol. The van der Waals surface area contributed by atoms with Crippen molar-refractivity contribution in [2.75, 3.05) is 47.6 Å². The monoisotopic (exact) mass is 446 g/mol. The van der Waals surface area contributed by atoms with Gasteiger partial charge in [0.15, 0.2) is 0 Å². The Hall–Kier alpha value is -2.73. The number of carbonyl (C=O) groups is 4. The lowest BCUT2D eigenvalue weighted by Crippen LogP contribution is -2.45. The summed E-state index contributed by atoms with van der Waals surface area (Å²) in [6.07, 6.45) is 1.51. The summed E-state index contributed by atoms with van der Waals surface area (Å²) in [5.74, 6) is -0.736. The number of hydrogen-bond donors (Lipinski definition) is 3. The highest BCUT2D eigenvalue weighted by Gasteiger charge is 2.19. The van der Waals surface area contributed by atoms with Crippen molar-refractivity contribution in [1.82, 2.24) is 16.0 Å². The van der Waals surface area contributed by atoms with Gasteiger partial charge in [0.1, 0.15) is 31.1 Å². The fourth-order valence-electron chi connectivity index (χ4n) is 2.29. The van der Waals surface area contributed by atoms with Crippen molar-refractivity contribution in [3.05, 3.63) is 0 Å². The van der Waals surface area contributed by atoms with Crippen molar-refractivity contribution in [2.24, 2.45) is 5.16 Å². The van der Waals surface area contributed by atoms with Crippen molar-refractivity contribution < 1.29 is 38.2 Å². The minimum Gasteiger partial charge on any atom is -0.447 e. The fourth-order valence-corrected chi connectivity index (χ4v) is 2.29. The largest absolute Gasteiger partial charge is 0.447 e. The number of ketones is 1. The van der Waals surface area contributed by atoms with E-state index in [9.17, 15) is 19.2 Å². The molecule has 0 aromatic heterocycles. The SMILES string of the molecule is CNC(=O)[C@H](CCC(=O)CC/C=N/OCCNC(=O)OCC(COC)OC)NC(C)=O. The van der Waals surface area contributed by atoms with Crippen LogP contribution >= 0.6 is 0 Å². The smallest absolute Gasteiger partial charge is 0.407 e. The van der Waals surface area contributed by atoms with E-state index in [0.29, 0.717) is 13.0 Å². The number of nitrogens with zero attached hydrogens (tertiary/aromatic N) is 1. The summed E-state index contributed by atoms with van der Waals surface area (Å²) in [6.45, 7) is 2.02. The third kappa shape index (κ3) is 15.7. The molecule has 3 amide bonds. The van der Waals surface area contributed by atoms with E-state index in [1.807, 2.05) is 0 Å².